The molecule has 0 aliphatic heterocycles. The van der Waals surface area contributed by atoms with Crippen LogP contribution in [-0.2, 0) is 4.74 Å². The van der Waals surface area contributed by atoms with E-state index in [-0.39, 0.29) is 5.91 Å². The van der Waals surface area contributed by atoms with E-state index in [4.69, 9.17) is 62.7 Å². The highest BCUT2D eigenvalue weighted by Crippen LogP contribution is 2.32. The Hall–Kier alpha value is -2.15. The van der Waals surface area contributed by atoms with E-state index in [1.165, 1.54) is 0 Å². The van der Waals surface area contributed by atoms with E-state index >= 15 is 0 Å². The number of carbonyl (C=O) groups excluding carboxylic acids is 2. The molecule has 34 heavy (non-hydrogen) atoms. The highest BCUT2D eigenvalue weighted by Gasteiger charge is 2.30. The van der Waals surface area contributed by atoms with Crippen molar-refractivity contribution in [2.75, 3.05) is 6.61 Å². The van der Waals surface area contributed by atoms with Crippen LogP contribution in [0.15, 0.2) is 78.9 Å². The predicted octanol–water partition coefficient (Wildman–Crippen LogP) is 7.30. The molecule has 2 atom stereocenters. The highest BCUT2D eigenvalue weighted by atomic mass is 35.6. The van der Waals surface area contributed by atoms with Gasteiger partial charge in [-0.1, -0.05) is 100 Å². The quantitative estimate of drug-likeness (QED) is 0.298. The van der Waals surface area contributed by atoms with Crippen molar-refractivity contribution in [1.82, 2.24) is 10.6 Å². The van der Waals surface area contributed by atoms with Gasteiger partial charge >= 0.3 is 6.09 Å². The Bertz CT molecular complexity index is 1100. The molecule has 3 rings (SSSR count). The first-order valence-corrected chi connectivity index (χ1v) is 11.9. The molecule has 0 heterocycles. The third kappa shape index (κ3) is 7.97. The molecule has 0 bridgehead atoms. The minimum atomic E-state index is -1.77. The van der Waals surface area contributed by atoms with Crippen molar-refractivity contribution in [2.24, 2.45) is 0 Å². The van der Waals surface area contributed by atoms with Gasteiger partial charge in [0.05, 0.1) is 12.1 Å². The van der Waals surface area contributed by atoms with E-state index < -0.39 is 28.6 Å². The summed E-state index contributed by atoms with van der Waals surface area (Å²) in [5.74, 6) is -0.337. The Kier molecular flexibility index (Phi) is 9.34. The molecule has 0 saturated carbocycles. The van der Waals surface area contributed by atoms with Crippen LogP contribution in [0.3, 0.4) is 0 Å². The summed E-state index contributed by atoms with van der Waals surface area (Å²) < 4.78 is 3.30. The number of hydrogen-bond acceptors (Lipinski definition) is 3. The third-order valence-electron chi connectivity index (χ3n) is 4.75. The second-order valence-electron chi connectivity index (χ2n) is 7.23. The molecule has 0 fully saturated rings. The summed E-state index contributed by atoms with van der Waals surface area (Å²) in [7, 11) is 0. The summed E-state index contributed by atoms with van der Waals surface area (Å²) in [5, 5.41) is 6.80. The first kappa shape index (κ1) is 26.5. The van der Waals surface area contributed by atoms with Crippen molar-refractivity contribution in [1.29, 1.82) is 0 Å². The van der Waals surface area contributed by atoms with Gasteiger partial charge in [0.2, 0.25) is 3.79 Å². The van der Waals surface area contributed by atoms with Crippen molar-refractivity contribution in [2.45, 2.75) is 15.9 Å². The summed E-state index contributed by atoms with van der Waals surface area (Å²) in [6, 6.07) is 21.0. The lowest BCUT2D eigenvalue weighted by molar-refractivity contribution is 0.0920. The maximum absolute atomic E-state index is 13.1. The lowest BCUT2D eigenvalue weighted by Gasteiger charge is -2.30. The molecular formula is C24H19Cl5N2O3. The first-order chi connectivity index (χ1) is 16.1. The molecule has 3 aromatic rings. The van der Waals surface area contributed by atoms with Gasteiger partial charge in [0.15, 0.2) is 0 Å². The minimum Gasteiger partial charge on any atom is -0.445 e. The SMILES string of the molecule is O=C(N[C@H](c1ccc(Cl)cc1)[C@H](NC(=O)c1ccccc1)c1ccc(Cl)cc1)OCC(Cl)(Cl)Cl. The monoisotopic (exact) mass is 558 g/mol. The zero-order chi connectivity index (χ0) is 24.7. The second kappa shape index (κ2) is 12.0. The molecule has 0 aromatic heterocycles. The maximum atomic E-state index is 13.1. The number of alkyl carbamates (subject to hydrolysis) is 1. The smallest absolute Gasteiger partial charge is 0.407 e. The average Bonchev–Trinajstić information content (AvgIpc) is 2.81. The number of rotatable bonds is 7. The van der Waals surface area contributed by atoms with Crippen LogP contribution in [-0.4, -0.2) is 22.4 Å². The summed E-state index contributed by atoms with van der Waals surface area (Å²) in [4.78, 5) is 25.7. The summed E-state index contributed by atoms with van der Waals surface area (Å²) >= 11 is 29.2. The Morgan fingerprint density at radius 1 is 0.735 bits per heavy atom. The van der Waals surface area contributed by atoms with E-state index in [9.17, 15) is 9.59 Å². The molecule has 0 unspecified atom stereocenters. The molecule has 0 radical (unpaired) electrons. The number of nitrogens with one attached hydrogen (secondary N) is 2. The fourth-order valence-corrected chi connectivity index (χ4v) is 3.60. The molecule has 2 amide bonds. The number of amides is 2. The van der Waals surface area contributed by atoms with E-state index in [2.05, 4.69) is 10.6 Å². The van der Waals surface area contributed by atoms with Crippen LogP contribution in [0.25, 0.3) is 0 Å². The van der Waals surface area contributed by atoms with Gasteiger partial charge in [-0.2, -0.15) is 0 Å². The summed E-state index contributed by atoms with van der Waals surface area (Å²) in [6.45, 7) is -0.460. The van der Waals surface area contributed by atoms with Crippen molar-refractivity contribution in [3.05, 3.63) is 106 Å². The molecule has 0 aliphatic rings. The maximum Gasteiger partial charge on any atom is 0.407 e. The lowest BCUT2D eigenvalue weighted by Crippen LogP contribution is -2.41. The molecule has 10 heteroatoms. The summed E-state index contributed by atoms with van der Waals surface area (Å²) in [5.41, 5.74) is 1.80. The van der Waals surface area contributed by atoms with Gasteiger partial charge in [0, 0.05) is 15.6 Å². The largest absolute Gasteiger partial charge is 0.445 e. The Morgan fingerprint density at radius 2 is 1.21 bits per heavy atom. The average molecular weight is 561 g/mol. The molecule has 5 nitrogen and oxygen atoms in total. The van der Waals surface area contributed by atoms with E-state index in [1.807, 2.05) is 6.07 Å². The lowest BCUT2D eigenvalue weighted by atomic mass is 9.93. The number of carbonyl (C=O) groups is 2. The standard InChI is InChI=1S/C24H19Cl5N2O3/c25-18-10-6-15(7-11-18)20(30-22(32)17-4-2-1-3-5-17)21(16-8-12-19(26)13-9-16)31-23(33)34-14-24(27,28)29/h1-13,20-21H,14H2,(H,30,32)(H,31,33)/t20-,21-/m1/s1. The molecule has 0 aliphatic carbocycles. The fraction of sp³-hybridized carbons (Fsp3) is 0.167. The van der Waals surface area contributed by atoms with Crippen LogP contribution >= 0.6 is 58.0 Å². The number of halogens is 5. The van der Waals surface area contributed by atoms with Gasteiger partial charge < -0.3 is 15.4 Å². The molecule has 0 spiro atoms. The van der Waals surface area contributed by atoms with Crippen LogP contribution in [0.4, 0.5) is 4.79 Å². The number of ether oxygens (including phenoxy) is 1. The van der Waals surface area contributed by atoms with Gasteiger partial charge in [-0.3, -0.25) is 4.79 Å². The first-order valence-electron chi connectivity index (χ1n) is 9.99. The Morgan fingerprint density at radius 3 is 1.68 bits per heavy atom. The molecular weight excluding hydrogens is 542 g/mol. The molecule has 3 aromatic carbocycles. The van der Waals surface area contributed by atoms with Gasteiger partial charge in [-0.25, -0.2) is 4.79 Å². The van der Waals surface area contributed by atoms with Gasteiger partial charge in [-0.15, -0.1) is 0 Å². The zero-order valence-electron chi connectivity index (χ0n) is 17.5. The topological polar surface area (TPSA) is 67.4 Å². The van der Waals surface area contributed by atoms with E-state index in [0.717, 1.165) is 0 Å². The van der Waals surface area contributed by atoms with Crippen LogP contribution in [0.2, 0.25) is 10.0 Å². The second-order valence-corrected chi connectivity index (χ2v) is 10.6. The number of benzene rings is 3. The van der Waals surface area contributed by atoms with Gasteiger partial charge in [0.25, 0.3) is 5.91 Å². The Labute approximate surface area is 222 Å². The van der Waals surface area contributed by atoms with Crippen molar-refractivity contribution >= 4 is 70.0 Å². The fourth-order valence-electron chi connectivity index (χ4n) is 3.19. The zero-order valence-corrected chi connectivity index (χ0v) is 21.3. The van der Waals surface area contributed by atoms with Crippen LogP contribution in [0.1, 0.15) is 33.6 Å². The van der Waals surface area contributed by atoms with E-state index in [1.54, 1.807) is 72.8 Å². The highest BCUT2D eigenvalue weighted by molar-refractivity contribution is 6.67. The Balaban J connectivity index is 1.98. The van der Waals surface area contributed by atoms with Crippen molar-refractivity contribution < 1.29 is 14.3 Å². The van der Waals surface area contributed by atoms with Crippen LogP contribution in [0.5, 0.6) is 0 Å². The molecule has 178 valence electrons. The van der Waals surface area contributed by atoms with Crippen molar-refractivity contribution in [3.63, 3.8) is 0 Å². The molecule has 0 saturated heterocycles. The predicted molar refractivity (Wildman–Crippen MR) is 137 cm³/mol. The number of alkyl halides is 3. The van der Waals surface area contributed by atoms with E-state index in [0.29, 0.717) is 26.7 Å². The summed E-state index contributed by atoms with van der Waals surface area (Å²) in [6.07, 6.45) is -0.834. The number of hydrogen-bond donors (Lipinski definition) is 2. The van der Waals surface area contributed by atoms with Crippen LogP contribution < -0.4 is 10.6 Å². The van der Waals surface area contributed by atoms with Gasteiger partial charge in [0.1, 0.15) is 6.61 Å². The third-order valence-corrected chi connectivity index (χ3v) is 5.59. The van der Waals surface area contributed by atoms with Crippen LogP contribution in [0, 0.1) is 0 Å². The molecule has 2 N–H and O–H groups in total. The van der Waals surface area contributed by atoms with Crippen molar-refractivity contribution in [3.8, 4) is 0 Å². The normalized spacial score (nSPS) is 13.0. The van der Waals surface area contributed by atoms with Gasteiger partial charge in [-0.05, 0) is 47.5 Å². The minimum absolute atomic E-state index is 0.337.